The molecule has 1 aliphatic carbocycles. The zero-order valence-corrected chi connectivity index (χ0v) is 8.73. The van der Waals surface area contributed by atoms with Crippen LogP contribution in [0.4, 0.5) is 0 Å². The molecule has 1 rings (SSSR count). The molecule has 0 aromatic rings. The highest BCUT2D eigenvalue weighted by atomic mass is 14.1. The van der Waals surface area contributed by atoms with E-state index >= 15 is 0 Å². The van der Waals surface area contributed by atoms with Gasteiger partial charge in [0.2, 0.25) is 0 Å². The van der Waals surface area contributed by atoms with Gasteiger partial charge in [-0.2, -0.15) is 0 Å². The van der Waals surface area contributed by atoms with Crippen LogP contribution in [0.3, 0.4) is 0 Å². The summed E-state index contributed by atoms with van der Waals surface area (Å²) in [6.45, 7) is 0. The molecule has 0 aliphatic heterocycles. The van der Waals surface area contributed by atoms with E-state index in [2.05, 4.69) is 6.08 Å². The van der Waals surface area contributed by atoms with Crippen LogP contribution in [-0.4, -0.2) is 7.85 Å². The molecule has 1 aliphatic rings. The van der Waals surface area contributed by atoms with Crippen molar-refractivity contribution in [2.75, 3.05) is 0 Å². The number of hydrogen-bond donors (Lipinski definition) is 0. The molecule has 0 spiro atoms. The Labute approximate surface area is 84.2 Å². The monoisotopic (exact) mass is 176 g/mol. The molecule has 1 heteroatoms. The van der Waals surface area contributed by atoms with Crippen molar-refractivity contribution >= 4 is 7.85 Å². The van der Waals surface area contributed by atoms with Crippen LogP contribution in [-0.2, 0) is 0 Å². The predicted octanol–water partition coefficient (Wildman–Crippen LogP) is 4.02. The number of allylic oxidation sites excluding steroid dienone is 2. The SMILES string of the molecule is [B]CCCCCCC1=CCCCC1. The fraction of sp³-hybridized carbons (Fsp3) is 0.833. The van der Waals surface area contributed by atoms with Gasteiger partial charge in [0.15, 0.2) is 0 Å². The van der Waals surface area contributed by atoms with E-state index in [0.29, 0.717) is 0 Å². The van der Waals surface area contributed by atoms with Gasteiger partial charge in [0, 0.05) is 0 Å². The molecule has 72 valence electrons. The third-order valence-electron chi connectivity index (χ3n) is 2.84. The van der Waals surface area contributed by atoms with Gasteiger partial charge in [-0.1, -0.05) is 37.2 Å². The van der Waals surface area contributed by atoms with Gasteiger partial charge in [0.05, 0.1) is 7.85 Å². The van der Waals surface area contributed by atoms with Gasteiger partial charge in [-0.05, 0) is 38.5 Å². The Balaban J connectivity index is 1.95. The number of unbranched alkanes of at least 4 members (excludes halogenated alkanes) is 3. The van der Waals surface area contributed by atoms with Crippen LogP contribution in [0, 0.1) is 0 Å². The van der Waals surface area contributed by atoms with Gasteiger partial charge in [0.25, 0.3) is 0 Å². The van der Waals surface area contributed by atoms with Crippen LogP contribution in [0.5, 0.6) is 0 Å². The van der Waals surface area contributed by atoms with Crippen LogP contribution in [0.1, 0.15) is 57.8 Å². The van der Waals surface area contributed by atoms with Crippen molar-refractivity contribution in [1.29, 1.82) is 0 Å². The Kier molecular flexibility index (Phi) is 6.05. The van der Waals surface area contributed by atoms with E-state index in [9.17, 15) is 0 Å². The molecule has 13 heavy (non-hydrogen) atoms. The maximum Gasteiger partial charge on any atom is 0.0653 e. The lowest BCUT2D eigenvalue weighted by atomic mass is 9.94. The Morgan fingerprint density at radius 3 is 2.62 bits per heavy atom. The average molecular weight is 176 g/mol. The van der Waals surface area contributed by atoms with Crippen LogP contribution >= 0.6 is 0 Å². The largest absolute Gasteiger partial charge is 0.0887 e. The molecular weight excluding hydrogens is 155 g/mol. The van der Waals surface area contributed by atoms with E-state index < -0.39 is 0 Å². The molecule has 2 radical (unpaired) electrons. The summed E-state index contributed by atoms with van der Waals surface area (Å²) in [6, 6.07) is 0. The molecule has 0 atom stereocenters. The summed E-state index contributed by atoms with van der Waals surface area (Å²) >= 11 is 0. The first-order valence-corrected chi connectivity index (χ1v) is 5.81. The Bertz CT molecular complexity index is 149. The first kappa shape index (κ1) is 10.9. The second kappa shape index (κ2) is 7.23. The molecular formula is C12H21B. The van der Waals surface area contributed by atoms with Crippen LogP contribution in [0.2, 0.25) is 6.32 Å². The van der Waals surface area contributed by atoms with E-state index in [1.165, 1.54) is 57.8 Å². The van der Waals surface area contributed by atoms with Gasteiger partial charge < -0.3 is 0 Å². The molecule has 0 nitrogen and oxygen atoms in total. The molecule has 0 bridgehead atoms. The minimum atomic E-state index is 0.864. The third-order valence-corrected chi connectivity index (χ3v) is 2.84. The fourth-order valence-electron chi connectivity index (χ4n) is 1.98. The van der Waals surface area contributed by atoms with Crippen molar-refractivity contribution in [2.45, 2.75) is 64.1 Å². The van der Waals surface area contributed by atoms with Crippen LogP contribution in [0.25, 0.3) is 0 Å². The minimum Gasteiger partial charge on any atom is -0.0887 e. The van der Waals surface area contributed by atoms with Crippen molar-refractivity contribution in [2.24, 2.45) is 0 Å². The molecule has 0 N–H and O–H groups in total. The summed E-state index contributed by atoms with van der Waals surface area (Å²) in [6.07, 6.45) is 15.5. The van der Waals surface area contributed by atoms with E-state index in [0.717, 1.165) is 6.32 Å². The molecule has 0 aromatic carbocycles. The molecule has 0 aromatic heterocycles. The predicted molar refractivity (Wildman–Crippen MR) is 60.2 cm³/mol. The fourth-order valence-corrected chi connectivity index (χ4v) is 1.98. The zero-order chi connectivity index (χ0) is 9.36. The van der Waals surface area contributed by atoms with E-state index in [4.69, 9.17) is 7.85 Å². The molecule has 0 amide bonds. The quantitative estimate of drug-likeness (QED) is 0.325. The number of rotatable bonds is 6. The van der Waals surface area contributed by atoms with Crippen molar-refractivity contribution in [3.05, 3.63) is 11.6 Å². The highest BCUT2D eigenvalue weighted by Crippen LogP contribution is 2.22. The Morgan fingerprint density at radius 1 is 1.08 bits per heavy atom. The van der Waals surface area contributed by atoms with E-state index in [1.807, 2.05) is 0 Å². The average Bonchev–Trinajstić information content (AvgIpc) is 2.19. The highest BCUT2D eigenvalue weighted by molar-refractivity contribution is 6.08. The van der Waals surface area contributed by atoms with Gasteiger partial charge >= 0.3 is 0 Å². The maximum absolute atomic E-state index is 5.44. The number of hydrogen-bond acceptors (Lipinski definition) is 0. The van der Waals surface area contributed by atoms with Crippen molar-refractivity contribution in [1.82, 2.24) is 0 Å². The summed E-state index contributed by atoms with van der Waals surface area (Å²) in [5.41, 5.74) is 1.72. The topological polar surface area (TPSA) is 0 Å². The lowest BCUT2D eigenvalue weighted by Crippen LogP contribution is -1.92. The second-order valence-corrected chi connectivity index (χ2v) is 4.06. The molecule has 0 fully saturated rings. The molecule has 0 saturated carbocycles. The van der Waals surface area contributed by atoms with Gasteiger partial charge in [0.1, 0.15) is 0 Å². The van der Waals surface area contributed by atoms with Gasteiger partial charge in [-0.3, -0.25) is 0 Å². The van der Waals surface area contributed by atoms with Crippen molar-refractivity contribution < 1.29 is 0 Å². The summed E-state index contributed by atoms with van der Waals surface area (Å²) in [5, 5.41) is 0. The summed E-state index contributed by atoms with van der Waals surface area (Å²) in [4.78, 5) is 0. The molecule has 0 saturated heterocycles. The smallest absolute Gasteiger partial charge is 0.0653 e. The Morgan fingerprint density at radius 2 is 1.92 bits per heavy atom. The van der Waals surface area contributed by atoms with Crippen molar-refractivity contribution in [3.8, 4) is 0 Å². The third kappa shape index (κ3) is 5.18. The summed E-state index contributed by atoms with van der Waals surface area (Å²) < 4.78 is 0. The normalized spacial score (nSPS) is 17.1. The first-order chi connectivity index (χ1) is 6.43. The lowest BCUT2D eigenvalue weighted by Gasteiger charge is -2.11. The van der Waals surface area contributed by atoms with E-state index in [1.54, 1.807) is 5.57 Å². The van der Waals surface area contributed by atoms with Crippen molar-refractivity contribution in [3.63, 3.8) is 0 Å². The lowest BCUT2D eigenvalue weighted by molar-refractivity contribution is 0.622. The van der Waals surface area contributed by atoms with E-state index in [-0.39, 0.29) is 0 Å². The second-order valence-electron chi connectivity index (χ2n) is 4.06. The highest BCUT2D eigenvalue weighted by Gasteiger charge is 2.02. The van der Waals surface area contributed by atoms with Gasteiger partial charge in [-0.15, -0.1) is 0 Å². The minimum absolute atomic E-state index is 0.864. The molecule has 0 unspecified atom stereocenters. The summed E-state index contributed by atoms with van der Waals surface area (Å²) in [5.74, 6) is 0. The van der Waals surface area contributed by atoms with Crippen LogP contribution < -0.4 is 0 Å². The maximum atomic E-state index is 5.44. The van der Waals surface area contributed by atoms with Crippen LogP contribution in [0.15, 0.2) is 11.6 Å². The zero-order valence-electron chi connectivity index (χ0n) is 8.73. The standard InChI is InChI=1S/C12H21B/c13-11-7-2-1-4-8-12-9-5-3-6-10-12/h9H,1-8,10-11H2. The van der Waals surface area contributed by atoms with Gasteiger partial charge in [-0.25, -0.2) is 0 Å². The molecule has 0 heterocycles. The first-order valence-electron chi connectivity index (χ1n) is 5.81. The summed E-state index contributed by atoms with van der Waals surface area (Å²) in [7, 11) is 5.44. The Hall–Kier alpha value is -0.195.